The van der Waals surface area contributed by atoms with E-state index in [1.807, 2.05) is 17.4 Å². The lowest BCUT2D eigenvalue weighted by atomic mass is 9.67. The molecule has 0 atom stereocenters. The first-order valence-electron chi connectivity index (χ1n) is 22.6. The van der Waals surface area contributed by atoms with Crippen LogP contribution in [0.15, 0.2) is 243 Å². The van der Waals surface area contributed by atoms with Crippen molar-refractivity contribution in [3.63, 3.8) is 0 Å². The van der Waals surface area contributed by atoms with E-state index in [0.29, 0.717) is 5.82 Å². The van der Waals surface area contributed by atoms with E-state index in [0.717, 1.165) is 33.6 Å². The quantitative estimate of drug-likeness (QED) is 0.160. The highest BCUT2D eigenvalue weighted by Crippen LogP contribution is 2.56. The van der Waals surface area contributed by atoms with Crippen molar-refractivity contribution >= 4 is 42.3 Å². The molecule has 0 amide bonds. The number of aromatic nitrogens is 2. The van der Waals surface area contributed by atoms with Gasteiger partial charge in [-0.1, -0.05) is 218 Å². The van der Waals surface area contributed by atoms with Crippen LogP contribution in [0.2, 0.25) is 0 Å². The summed E-state index contributed by atoms with van der Waals surface area (Å²) in [6.07, 6.45) is 0. The highest BCUT2D eigenvalue weighted by molar-refractivity contribution is 7.25. The summed E-state index contributed by atoms with van der Waals surface area (Å²) in [5.41, 5.74) is 16.7. The van der Waals surface area contributed by atoms with Gasteiger partial charge in [-0.15, -0.1) is 11.3 Å². The standard InChI is InChI=1S/C63H40N2S/c1-4-17-43(18-5-1)62-64-57(40-58(65-62)44-35-36-52-51-25-12-14-28-55(51)63(56(52)39-44,45-19-6-2-7-20-45)46-21-8-3-9-22-46)42-33-31-41(32-34-42)47-37-38-50(49-24-11-10-23-48(47)49)53-27-16-30-60-61(53)54-26-13-15-29-59(54)66-60/h1-40H. The van der Waals surface area contributed by atoms with Gasteiger partial charge in [0.05, 0.1) is 16.8 Å². The molecule has 1 aliphatic carbocycles. The van der Waals surface area contributed by atoms with Gasteiger partial charge >= 0.3 is 0 Å². The molecule has 2 nitrogen and oxygen atoms in total. The normalized spacial score (nSPS) is 12.7. The fraction of sp³-hybridized carbons (Fsp3) is 0.0159. The van der Waals surface area contributed by atoms with Crippen LogP contribution in [0, 0.1) is 0 Å². The van der Waals surface area contributed by atoms with Gasteiger partial charge in [-0.2, -0.15) is 0 Å². The molecular weight excluding hydrogens is 817 g/mol. The molecule has 0 saturated heterocycles. The first-order valence-corrected chi connectivity index (χ1v) is 23.4. The van der Waals surface area contributed by atoms with Crippen LogP contribution in [0.4, 0.5) is 0 Å². The van der Waals surface area contributed by atoms with Gasteiger partial charge in [0.2, 0.25) is 0 Å². The molecule has 12 aromatic rings. The number of rotatable bonds is 7. The topological polar surface area (TPSA) is 25.8 Å². The molecule has 3 heteroatoms. The van der Waals surface area contributed by atoms with Gasteiger partial charge in [0.25, 0.3) is 0 Å². The Morgan fingerprint density at radius 3 is 1.56 bits per heavy atom. The van der Waals surface area contributed by atoms with Gasteiger partial charge < -0.3 is 0 Å². The maximum absolute atomic E-state index is 5.32. The number of nitrogens with zero attached hydrogens (tertiary/aromatic N) is 2. The smallest absolute Gasteiger partial charge is 0.160 e. The second-order valence-electron chi connectivity index (χ2n) is 17.2. The van der Waals surface area contributed by atoms with E-state index in [-0.39, 0.29) is 0 Å². The van der Waals surface area contributed by atoms with Crippen LogP contribution < -0.4 is 0 Å². The molecule has 0 bridgehead atoms. The van der Waals surface area contributed by atoms with E-state index in [4.69, 9.17) is 9.97 Å². The highest BCUT2D eigenvalue weighted by Gasteiger charge is 2.46. The first kappa shape index (κ1) is 38.2. The lowest BCUT2D eigenvalue weighted by molar-refractivity contribution is 0.768. The molecule has 10 aromatic carbocycles. The lowest BCUT2D eigenvalue weighted by Crippen LogP contribution is -2.28. The van der Waals surface area contributed by atoms with Crippen molar-refractivity contribution < 1.29 is 0 Å². The molecule has 308 valence electrons. The van der Waals surface area contributed by atoms with Crippen LogP contribution in [-0.2, 0) is 5.41 Å². The van der Waals surface area contributed by atoms with Crippen molar-refractivity contribution in [2.24, 2.45) is 0 Å². The predicted octanol–water partition coefficient (Wildman–Crippen LogP) is 16.7. The Labute approximate surface area is 387 Å². The van der Waals surface area contributed by atoms with Crippen LogP contribution in [0.3, 0.4) is 0 Å². The molecule has 0 N–H and O–H groups in total. The fourth-order valence-electron chi connectivity index (χ4n) is 10.7. The van der Waals surface area contributed by atoms with Crippen LogP contribution in [-0.4, -0.2) is 9.97 Å². The number of thiophene rings is 1. The molecule has 2 heterocycles. The zero-order valence-electron chi connectivity index (χ0n) is 35.9. The van der Waals surface area contributed by atoms with Crippen LogP contribution in [0.25, 0.3) is 98.2 Å². The van der Waals surface area contributed by atoms with Gasteiger partial charge in [-0.25, -0.2) is 9.97 Å². The van der Waals surface area contributed by atoms with Crippen molar-refractivity contribution in [2.45, 2.75) is 5.41 Å². The summed E-state index contributed by atoms with van der Waals surface area (Å²) in [4.78, 5) is 10.6. The summed E-state index contributed by atoms with van der Waals surface area (Å²) in [6.45, 7) is 0. The molecule has 66 heavy (non-hydrogen) atoms. The Hall–Kier alpha value is -8.24. The van der Waals surface area contributed by atoms with Crippen LogP contribution in [0.5, 0.6) is 0 Å². The van der Waals surface area contributed by atoms with E-state index in [2.05, 4.69) is 237 Å². The number of benzene rings is 10. The molecule has 13 rings (SSSR count). The number of hydrogen-bond acceptors (Lipinski definition) is 3. The van der Waals surface area contributed by atoms with Crippen LogP contribution in [0.1, 0.15) is 22.3 Å². The van der Waals surface area contributed by atoms with E-state index >= 15 is 0 Å². The third-order valence-corrected chi connectivity index (χ3v) is 14.8. The van der Waals surface area contributed by atoms with E-state index in [1.54, 1.807) is 0 Å². The minimum Gasteiger partial charge on any atom is -0.228 e. The summed E-state index contributed by atoms with van der Waals surface area (Å²) in [5, 5.41) is 5.12. The Bertz CT molecular complexity index is 3760. The van der Waals surface area contributed by atoms with Crippen molar-refractivity contribution in [2.75, 3.05) is 0 Å². The summed E-state index contributed by atoms with van der Waals surface area (Å²) >= 11 is 1.87. The minimum absolute atomic E-state index is 0.508. The van der Waals surface area contributed by atoms with Crippen molar-refractivity contribution in [3.05, 3.63) is 265 Å². The van der Waals surface area contributed by atoms with Gasteiger partial charge in [0.1, 0.15) is 0 Å². The van der Waals surface area contributed by atoms with Gasteiger partial charge in [-0.05, 0) is 90.7 Å². The average molecular weight is 857 g/mol. The second-order valence-corrected chi connectivity index (χ2v) is 18.3. The lowest BCUT2D eigenvalue weighted by Gasteiger charge is -2.34. The van der Waals surface area contributed by atoms with Crippen molar-refractivity contribution in [1.29, 1.82) is 0 Å². The number of hydrogen-bond donors (Lipinski definition) is 0. The third-order valence-electron chi connectivity index (χ3n) is 13.6. The Kier molecular flexibility index (Phi) is 8.97. The summed E-state index contributed by atoms with van der Waals surface area (Å²) in [6, 6.07) is 88.1. The molecule has 0 radical (unpaired) electrons. The molecule has 0 fully saturated rings. The Morgan fingerprint density at radius 1 is 0.303 bits per heavy atom. The summed E-state index contributed by atoms with van der Waals surface area (Å²) in [5.74, 6) is 0.698. The Morgan fingerprint density at radius 2 is 0.818 bits per heavy atom. The summed E-state index contributed by atoms with van der Waals surface area (Å²) in [7, 11) is 0. The van der Waals surface area contributed by atoms with Crippen molar-refractivity contribution in [1.82, 2.24) is 9.97 Å². The monoisotopic (exact) mass is 856 g/mol. The van der Waals surface area contributed by atoms with Crippen LogP contribution >= 0.6 is 11.3 Å². The third kappa shape index (κ3) is 6.01. The minimum atomic E-state index is -0.508. The van der Waals surface area contributed by atoms with E-state index < -0.39 is 5.41 Å². The average Bonchev–Trinajstić information content (AvgIpc) is 3.93. The first-order chi connectivity index (χ1) is 32.7. The largest absolute Gasteiger partial charge is 0.228 e. The molecule has 0 spiro atoms. The molecular formula is C63H40N2S. The van der Waals surface area contributed by atoms with E-state index in [9.17, 15) is 0 Å². The fourth-order valence-corrected chi connectivity index (χ4v) is 11.8. The predicted molar refractivity (Wildman–Crippen MR) is 277 cm³/mol. The number of fused-ring (bicyclic) bond motifs is 7. The van der Waals surface area contributed by atoms with Gasteiger partial charge in [0, 0.05) is 36.9 Å². The maximum atomic E-state index is 5.32. The zero-order valence-corrected chi connectivity index (χ0v) is 36.7. The zero-order chi connectivity index (χ0) is 43.6. The Balaban J connectivity index is 0.936. The highest BCUT2D eigenvalue weighted by atomic mass is 32.1. The molecule has 0 unspecified atom stereocenters. The SMILES string of the molecule is c1ccc(-c2nc(-c3ccc(-c4ccc(-c5cccc6sc7ccccc7c56)c5ccccc45)cc3)cc(-c3ccc4c(c3)C(c3ccccc3)(c3ccccc3)c3ccccc3-4)n2)cc1. The summed E-state index contributed by atoms with van der Waals surface area (Å²) < 4.78 is 2.63. The van der Waals surface area contributed by atoms with E-state index in [1.165, 1.54) is 81.0 Å². The molecule has 2 aromatic heterocycles. The van der Waals surface area contributed by atoms with Gasteiger partial charge in [-0.3, -0.25) is 0 Å². The second kappa shape index (κ2) is 15.5. The molecule has 0 aliphatic heterocycles. The van der Waals surface area contributed by atoms with Gasteiger partial charge in [0.15, 0.2) is 5.82 Å². The maximum Gasteiger partial charge on any atom is 0.160 e. The molecule has 0 saturated carbocycles. The molecule has 1 aliphatic rings. The van der Waals surface area contributed by atoms with Crippen molar-refractivity contribution in [3.8, 4) is 67.3 Å².